The highest BCUT2D eigenvalue weighted by Crippen LogP contribution is 2.29. The average molecular weight is 300 g/mol. The Bertz CT molecular complexity index is 417. The van der Waals surface area contributed by atoms with Crippen molar-refractivity contribution in [2.45, 2.75) is 18.6 Å². The van der Waals surface area contributed by atoms with Crippen molar-refractivity contribution in [1.82, 2.24) is 0 Å². The van der Waals surface area contributed by atoms with Crippen LogP contribution >= 0.6 is 15.9 Å². The number of hydrogen-bond donors (Lipinski definition) is 2. The summed E-state index contributed by atoms with van der Waals surface area (Å²) in [5, 5.41) is 29.1. The zero-order valence-electron chi connectivity index (χ0n) is 9.43. The fraction of sp³-hybridized carbons (Fsp3) is 0.417. The molecule has 0 aliphatic carbocycles. The topological polar surface area (TPSA) is 73.5 Å². The van der Waals surface area contributed by atoms with E-state index in [0.717, 1.165) is 0 Å². The maximum atomic E-state index is 9.99. The molecule has 0 heterocycles. The van der Waals surface area contributed by atoms with E-state index in [4.69, 9.17) is 10.00 Å². The number of ether oxygens (including phenoxy) is 1. The van der Waals surface area contributed by atoms with Gasteiger partial charge in [0.1, 0.15) is 11.9 Å². The van der Waals surface area contributed by atoms with E-state index in [1.165, 1.54) is 13.2 Å². The van der Waals surface area contributed by atoms with Gasteiger partial charge in [0, 0.05) is 10.9 Å². The third kappa shape index (κ3) is 3.43. The molecule has 0 saturated carbocycles. The molecule has 0 fully saturated rings. The first-order chi connectivity index (χ1) is 8.13. The van der Waals surface area contributed by atoms with Gasteiger partial charge in [-0.2, -0.15) is 5.26 Å². The van der Waals surface area contributed by atoms with Crippen LogP contribution in [0.3, 0.4) is 0 Å². The number of aliphatic hydroxyl groups is 2. The molecule has 2 N–H and O–H groups in total. The van der Waals surface area contributed by atoms with E-state index in [9.17, 15) is 10.2 Å². The van der Waals surface area contributed by atoms with Crippen LogP contribution in [0.25, 0.3) is 0 Å². The van der Waals surface area contributed by atoms with Crippen molar-refractivity contribution in [2.75, 3.05) is 12.4 Å². The Kier molecular flexibility index (Phi) is 5.42. The number of alkyl halides is 1. The molecule has 2 atom stereocenters. The average Bonchev–Trinajstić information content (AvgIpc) is 2.37. The Morgan fingerprint density at radius 1 is 1.47 bits per heavy atom. The van der Waals surface area contributed by atoms with Gasteiger partial charge in [-0.1, -0.05) is 15.9 Å². The van der Waals surface area contributed by atoms with Crippen LogP contribution in [0, 0.1) is 11.3 Å². The van der Waals surface area contributed by atoms with Gasteiger partial charge >= 0.3 is 0 Å². The Balaban J connectivity index is 3.05. The van der Waals surface area contributed by atoms with E-state index in [1.807, 2.05) is 6.07 Å². The number of halogens is 1. The first-order valence-electron chi connectivity index (χ1n) is 5.14. The summed E-state index contributed by atoms with van der Waals surface area (Å²) in [5.74, 6) is 0.463. The third-order valence-corrected chi connectivity index (χ3v) is 2.90. The first-order valence-corrected chi connectivity index (χ1v) is 6.26. The molecule has 0 aliphatic rings. The number of rotatable bonds is 5. The number of methoxy groups -OCH3 is 1. The van der Waals surface area contributed by atoms with Gasteiger partial charge in [-0.05, 0) is 24.6 Å². The van der Waals surface area contributed by atoms with Crippen molar-refractivity contribution in [3.05, 3.63) is 29.3 Å². The minimum Gasteiger partial charge on any atom is -0.496 e. The molecule has 17 heavy (non-hydrogen) atoms. The van der Waals surface area contributed by atoms with Crippen LogP contribution in [-0.4, -0.2) is 28.8 Å². The molecule has 0 bridgehead atoms. The van der Waals surface area contributed by atoms with E-state index in [-0.39, 0.29) is 0 Å². The molecular formula is C12H14BrNO3. The van der Waals surface area contributed by atoms with E-state index in [0.29, 0.717) is 28.6 Å². The van der Waals surface area contributed by atoms with Gasteiger partial charge in [-0.15, -0.1) is 0 Å². The molecule has 0 saturated heterocycles. The van der Waals surface area contributed by atoms with E-state index < -0.39 is 12.2 Å². The van der Waals surface area contributed by atoms with Crippen molar-refractivity contribution in [1.29, 1.82) is 5.26 Å². The highest BCUT2D eigenvalue weighted by Gasteiger charge is 2.21. The van der Waals surface area contributed by atoms with Crippen molar-refractivity contribution in [3.63, 3.8) is 0 Å². The van der Waals surface area contributed by atoms with Crippen molar-refractivity contribution < 1.29 is 14.9 Å². The maximum Gasteiger partial charge on any atom is 0.124 e. The van der Waals surface area contributed by atoms with Gasteiger partial charge in [0.25, 0.3) is 0 Å². The number of benzene rings is 1. The van der Waals surface area contributed by atoms with Crippen LogP contribution in [0.5, 0.6) is 5.75 Å². The number of aliphatic hydroxyl groups excluding tert-OH is 2. The second-order valence-electron chi connectivity index (χ2n) is 3.56. The molecule has 0 spiro atoms. The Morgan fingerprint density at radius 2 is 2.18 bits per heavy atom. The quantitative estimate of drug-likeness (QED) is 0.812. The normalized spacial score (nSPS) is 13.8. The smallest absolute Gasteiger partial charge is 0.124 e. The third-order valence-electron chi connectivity index (χ3n) is 2.45. The number of hydrogen-bond acceptors (Lipinski definition) is 4. The maximum absolute atomic E-state index is 9.99. The summed E-state index contributed by atoms with van der Waals surface area (Å²) in [6.45, 7) is 0. The molecule has 1 aromatic rings. The summed E-state index contributed by atoms with van der Waals surface area (Å²) in [6, 6.07) is 6.73. The monoisotopic (exact) mass is 299 g/mol. The fourth-order valence-corrected chi connectivity index (χ4v) is 1.98. The number of nitriles is 1. The molecule has 1 rings (SSSR count). The summed E-state index contributed by atoms with van der Waals surface area (Å²) < 4.78 is 5.10. The van der Waals surface area contributed by atoms with E-state index >= 15 is 0 Å². The lowest BCUT2D eigenvalue weighted by atomic mass is 10.00. The van der Waals surface area contributed by atoms with Gasteiger partial charge in [0.2, 0.25) is 0 Å². The lowest BCUT2D eigenvalue weighted by Gasteiger charge is -2.19. The van der Waals surface area contributed by atoms with Gasteiger partial charge < -0.3 is 14.9 Å². The molecule has 5 heteroatoms. The van der Waals surface area contributed by atoms with Crippen LogP contribution in [0.1, 0.15) is 23.7 Å². The molecule has 0 radical (unpaired) electrons. The highest BCUT2D eigenvalue weighted by atomic mass is 79.9. The molecule has 0 aromatic heterocycles. The van der Waals surface area contributed by atoms with Crippen LogP contribution in [-0.2, 0) is 0 Å². The van der Waals surface area contributed by atoms with E-state index in [1.54, 1.807) is 12.1 Å². The molecule has 4 nitrogen and oxygen atoms in total. The van der Waals surface area contributed by atoms with Gasteiger partial charge in [0.15, 0.2) is 0 Å². The number of nitrogens with zero attached hydrogens (tertiary/aromatic N) is 1. The predicted molar refractivity (Wildman–Crippen MR) is 67.1 cm³/mol. The van der Waals surface area contributed by atoms with Crippen molar-refractivity contribution in [2.24, 2.45) is 0 Å². The molecule has 2 unspecified atom stereocenters. The first kappa shape index (κ1) is 14.0. The summed E-state index contributed by atoms with van der Waals surface area (Å²) >= 11 is 3.20. The van der Waals surface area contributed by atoms with Crippen molar-refractivity contribution >= 4 is 15.9 Å². The van der Waals surface area contributed by atoms with Crippen LogP contribution in [0.4, 0.5) is 0 Å². The van der Waals surface area contributed by atoms with Gasteiger partial charge in [0.05, 0.1) is 24.8 Å². The predicted octanol–water partition coefficient (Wildman–Crippen LogP) is 1.75. The largest absolute Gasteiger partial charge is 0.496 e. The summed E-state index contributed by atoms with van der Waals surface area (Å²) in [6.07, 6.45) is -1.53. The summed E-state index contributed by atoms with van der Waals surface area (Å²) in [4.78, 5) is 0. The Morgan fingerprint density at radius 3 is 2.71 bits per heavy atom. The van der Waals surface area contributed by atoms with E-state index in [2.05, 4.69) is 15.9 Å². The molecule has 1 aromatic carbocycles. The lowest BCUT2D eigenvalue weighted by molar-refractivity contribution is 0.0160. The van der Waals surface area contributed by atoms with Crippen LogP contribution in [0.15, 0.2) is 18.2 Å². The van der Waals surface area contributed by atoms with Crippen LogP contribution < -0.4 is 4.74 Å². The molecular weight excluding hydrogens is 286 g/mol. The minimum atomic E-state index is -1.06. The SMILES string of the molecule is COc1ccc(C#N)cc1C(O)C(O)CCBr. The second kappa shape index (κ2) is 6.60. The zero-order chi connectivity index (χ0) is 12.8. The Hall–Kier alpha value is -1.09. The summed E-state index contributed by atoms with van der Waals surface area (Å²) in [5.41, 5.74) is 0.853. The second-order valence-corrected chi connectivity index (χ2v) is 4.35. The van der Waals surface area contributed by atoms with Gasteiger partial charge in [-0.3, -0.25) is 0 Å². The van der Waals surface area contributed by atoms with Gasteiger partial charge in [-0.25, -0.2) is 0 Å². The van der Waals surface area contributed by atoms with Crippen molar-refractivity contribution in [3.8, 4) is 11.8 Å². The fourth-order valence-electron chi connectivity index (χ4n) is 1.51. The molecule has 0 aliphatic heterocycles. The lowest BCUT2D eigenvalue weighted by Crippen LogP contribution is -2.19. The zero-order valence-corrected chi connectivity index (χ0v) is 11.0. The molecule has 0 amide bonds. The standard InChI is InChI=1S/C12H14BrNO3/c1-17-11-3-2-8(7-14)6-9(11)12(16)10(15)4-5-13/h2-3,6,10,12,15-16H,4-5H2,1H3. The minimum absolute atomic E-state index is 0.418. The summed E-state index contributed by atoms with van der Waals surface area (Å²) in [7, 11) is 1.48. The highest BCUT2D eigenvalue weighted by molar-refractivity contribution is 9.09. The Labute approximate surface area is 109 Å². The van der Waals surface area contributed by atoms with Crippen LogP contribution in [0.2, 0.25) is 0 Å². The molecule has 92 valence electrons.